The summed E-state index contributed by atoms with van der Waals surface area (Å²) < 4.78 is 39.0. The van der Waals surface area contributed by atoms with Crippen molar-refractivity contribution in [3.8, 4) is 17.0 Å². The first-order chi connectivity index (χ1) is 27.0. The third kappa shape index (κ3) is 6.08. The molecule has 12 nitrogen and oxygen atoms in total. The Kier molecular flexibility index (Phi) is 9.40. The minimum Gasteiger partial charge on any atom is -0.497 e. The van der Waals surface area contributed by atoms with E-state index in [9.17, 15) is 18.0 Å². The van der Waals surface area contributed by atoms with Gasteiger partial charge in [0.15, 0.2) is 0 Å². The molecule has 56 heavy (non-hydrogen) atoms. The van der Waals surface area contributed by atoms with Crippen molar-refractivity contribution < 1.29 is 22.7 Å². The number of hydrogen-bond acceptors (Lipinski definition) is 7. The van der Waals surface area contributed by atoms with Crippen LogP contribution in [0.1, 0.15) is 120 Å². The van der Waals surface area contributed by atoms with Gasteiger partial charge >= 0.3 is 10.2 Å². The van der Waals surface area contributed by atoms with Crippen LogP contribution in [-0.2, 0) is 16.8 Å². The van der Waals surface area contributed by atoms with Crippen LogP contribution >= 0.6 is 0 Å². The number of hydrogen-bond donors (Lipinski definition) is 1. The van der Waals surface area contributed by atoms with E-state index in [1.165, 1.54) is 26.1 Å². The lowest BCUT2D eigenvalue weighted by atomic mass is 9.81. The van der Waals surface area contributed by atoms with E-state index < -0.39 is 16.1 Å². The summed E-state index contributed by atoms with van der Waals surface area (Å²) >= 11 is 0. The Hall–Kier alpha value is -4.46. The molecule has 3 aliphatic heterocycles. The first-order valence-corrected chi connectivity index (χ1v) is 21.9. The topological polar surface area (TPSA) is 122 Å². The van der Waals surface area contributed by atoms with Gasteiger partial charge in [0.05, 0.1) is 42.3 Å². The number of likely N-dealkylation sites (N-methyl/N-ethyl adjacent to an activating group) is 1. The van der Waals surface area contributed by atoms with Gasteiger partial charge in [-0.05, 0) is 111 Å². The maximum atomic E-state index is 14.9. The van der Waals surface area contributed by atoms with Crippen LogP contribution in [-0.4, -0.2) is 102 Å². The lowest BCUT2D eigenvalue weighted by molar-refractivity contribution is 0.0629. The van der Waals surface area contributed by atoms with E-state index in [1.54, 1.807) is 13.2 Å². The molecule has 296 valence electrons. The molecule has 0 radical (unpaired) electrons. The Morgan fingerprint density at radius 1 is 0.946 bits per heavy atom. The molecule has 1 N–H and O–H groups in total. The second-order valence-electron chi connectivity index (χ2n) is 16.7. The number of ether oxygens (including phenoxy) is 1. The van der Waals surface area contributed by atoms with Crippen molar-refractivity contribution in [2.24, 2.45) is 0 Å². The van der Waals surface area contributed by atoms with Crippen molar-refractivity contribution in [3.05, 3.63) is 70.0 Å². The average molecular weight is 780 g/mol. The molecule has 4 aromatic rings. The minimum atomic E-state index is -4.00. The quantitative estimate of drug-likeness (QED) is 0.203. The molecule has 0 spiro atoms. The van der Waals surface area contributed by atoms with Gasteiger partial charge in [-0.15, -0.1) is 0 Å². The van der Waals surface area contributed by atoms with Crippen molar-refractivity contribution in [1.29, 1.82) is 0 Å². The summed E-state index contributed by atoms with van der Waals surface area (Å²) in [6.45, 7) is 7.25. The summed E-state index contributed by atoms with van der Waals surface area (Å²) in [5.74, 6) is 0.445. The third-order valence-corrected chi connectivity index (χ3v) is 14.7. The molecular formula is C43H53N7O5S. The Balaban J connectivity index is 1.25. The largest absolute Gasteiger partial charge is 0.497 e. The second-order valence-corrected chi connectivity index (χ2v) is 18.6. The molecule has 4 fully saturated rings. The van der Waals surface area contributed by atoms with Gasteiger partial charge in [-0.25, -0.2) is 4.72 Å². The average Bonchev–Trinajstić information content (AvgIpc) is 3.91. The second kappa shape index (κ2) is 14.2. The highest BCUT2D eigenvalue weighted by Crippen LogP contribution is 2.49. The molecule has 5 heterocycles. The highest BCUT2D eigenvalue weighted by molar-refractivity contribution is 7.87. The van der Waals surface area contributed by atoms with Gasteiger partial charge in [-0.1, -0.05) is 32.3 Å². The van der Waals surface area contributed by atoms with Crippen LogP contribution in [0.4, 0.5) is 0 Å². The van der Waals surface area contributed by atoms with E-state index >= 15 is 0 Å². The van der Waals surface area contributed by atoms with Crippen molar-refractivity contribution in [2.75, 3.05) is 40.8 Å². The maximum absolute atomic E-state index is 14.9. The third-order valence-electron chi connectivity index (χ3n) is 13.3. The molecule has 13 heteroatoms. The number of aryl methyl sites for hydroxylation is 1. The number of carbonyl (C=O) groups excluding carboxylic acids is 2. The predicted molar refractivity (Wildman–Crippen MR) is 218 cm³/mol. The maximum Gasteiger partial charge on any atom is 0.303 e. The van der Waals surface area contributed by atoms with E-state index in [2.05, 4.69) is 48.9 Å². The molecule has 5 aliphatic rings. The number of methoxy groups -OCH3 is 1. The highest BCUT2D eigenvalue weighted by atomic mass is 32.2. The zero-order valence-corrected chi connectivity index (χ0v) is 34.0. The van der Waals surface area contributed by atoms with Crippen LogP contribution in [0.2, 0.25) is 0 Å². The normalized spacial score (nSPS) is 21.5. The minimum absolute atomic E-state index is 0.0591. The van der Waals surface area contributed by atoms with Crippen molar-refractivity contribution in [3.63, 3.8) is 0 Å². The van der Waals surface area contributed by atoms with E-state index in [0.29, 0.717) is 24.1 Å². The van der Waals surface area contributed by atoms with Gasteiger partial charge in [0.2, 0.25) is 0 Å². The number of nitrogens with one attached hydrogen (secondary N) is 1. The smallest absolute Gasteiger partial charge is 0.303 e. The monoisotopic (exact) mass is 779 g/mol. The molecule has 2 bridgehead atoms. The Bertz CT molecular complexity index is 2380. The molecule has 2 aliphatic carbocycles. The van der Waals surface area contributed by atoms with Crippen LogP contribution in [0.15, 0.2) is 36.4 Å². The first kappa shape index (κ1) is 37.1. The number of likely N-dealkylation sites (tertiary alicyclic amines) is 2. The number of benzene rings is 2. The molecule has 2 saturated heterocycles. The van der Waals surface area contributed by atoms with Gasteiger partial charge in [-0.3, -0.25) is 19.2 Å². The summed E-state index contributed by atoms with van der Waals surface area (Å²) in [5.41, 5.74) is 8.85. The predicted octanol–water partition coefficient (Wildman–Crippen LogP) is 6.60. The number of allylic oxidation sites excluding steroid dienone is 1. The van der Waals surface area contributed by atoms with Crippen LogP contribution in [0.3, 0.4) is 0 Å². The zero-order chi connectivity index (χ0) is 39.0. The Labute approximate surface area is 329 Å². The standard InChI is InChI=1S/C43H53N7O5S/c1-6-47-24-33-22-32(47)25-48(33)43(52)38-26(2)44-50(31-13-10-14-31)40(38)30-19-29-20-34(55-5)16-18-35(29)41-39(27-11-8-7-9-12-27)36-17-15-28(21-37(36)49(41)23-30)42(51)45-56(53,54)46(3)4/h15-21,27,31-33H,6-14,22-25H2,1-5H3,(H,45,51)/t32-,33-/m1/s1. The molecule has 9 rings (SSSR count). The molecule has 0 unspecified atom stereocenters. The fraction of sp³-hybridized carbons (Fsp3) is 0.512. The Morgan fingerprint density at radius 3 is 2.39 bits per heavy atom. The number of amides is 2. The van der Waals surface area contributed by atoms with E-state index in [-0.39, 0.29) is 23.6 Å². The fourth-order valence-corrected chi connectivity index (χ4v) is 10.7. The van der Waals surface area contributed by atoms with Crippen LogP contribution in [0.5, 0.6) is 5.75 Å². The number of rotatable bonds is 9. The zero-order valence-electron chi connectivity index (χ0n) is 33.2. The van der Waals surface area contributed by atoms with Gasteiger partial charge < -0.3 is 14.2 Å². The highest BCUT2D eigenvalue weighted by Gasteiger charge is 2.46. The van der Waals surface area contributed by atoms with Crippen LogP contribution in [0.25, 0.3) is 33.8 Å². The van der Waals surface area contributed by atoms with Crippen molar-refractivity contribution in [2.45, 2.75) is 102 Å². The summed E-state index contributed by atoms with van der Waals surface area (Å²) in [6.07, 6.45) is 12.0. The number of aromatic nitrogens is 3. The molecule has 2 aromatic heterocycles. The summed E-state index contributed by atoms with van der Waals surface area (Å²) in [4.78, 5) is 33.1. The van der Waals surface area contributed by atoms with E-state index in [0.717, 1.165) is 126 Å². The molecule has 2 atom stereocenters. The van der Waals surface area contributed by atoms with Gasteiger partial charge in [0, 0.05) is 61.3 Å². The summed E-state index contributed by atoms with van der Waals surface area (Å²) in [6, 6.07) is 12.6. The Morgan fingerprint density at radius 2 is 1.73 bits per heavy atom. The SMILES string of the molecule is CCN1C[C@H]2C[C@@H]1CN2C(=O)c1c(C)nn(C2CCC2)c1C1=Cc2cc(OC)ccc2-c2c(C3CCCCC3)c3ccc(C(=O)NS(=O)(=O)N(C)C)cc3n2C1. The van der Waals surface area contributed by atoms with Gasteiger partial charge in [0.1, 0.15) is 5.75 Å². The van der Waals surface area contributed by atoms with E-state index in [4.69, 9.17) is 9.84 Å². The molecule has 2 amide bonds. The molecule has 2 aromatic carbocycles. The van der Waals surface area contributed by atoms with Gasteiger partial charge in [0.25, 0.3) is 11.8 Å². The fourth-order valence-electron chi connectivity index (χ4n) is 10.1. The van der Waals surface area contributed by atoms with Crippen molar-refractivity contribution in [1.82, 2.24) is 33.2 Å². The lowest BCUT2D eigenvalue weighted by Crippen LogP contribution is -2.48. The number of piperazine rings is 1. The summed E-state index contributed by atoms with van der Waals surface area (Å²) in [7, 11) is 0.472. The molecular weight excluding hydrogens is 727 g/mol. The van der Waals surface area contributed by atoms with Crippen LogP contribution < -0.4 is 9.46 Å². The molecule has 2 saturated carbocycles. The van der Waals surface area contributed by atoms with E-state index in [1.807, 2.05) is 25.1 Å². The summed E-state index contributed by atoms with van der Waals surface area (Å²) in [5, 5.41) is 6.23. The van der Waals surface area contributed by atoms with Gasteiger partial charge in [-0.2, -0.15) is 17.8 Å². The number of carbonyl (C=O) groups is 2. The number of nitrogens with zero attached hydrogens (tertiary/aromatic N) is 6. The number of fused-ring (bicyclic) bond motifs is 7. The van der Waals surface area contributed by atoms with Crippen molar-refractivity contribution >= 4 is 44.6 Å². The lowest BCUT2D eigenvalue weighted by Gasteiger charge is -2.34. The van der Waals surface area contributed by atoms with Crippen LogP contribution in [0, 0.1) is 6.92 Å². The first-order valence-electron chi connectivity index (χ1n) is 20.4.